The molecule has 1 rings (SSSR count). The standard InChI is InChI=1S/C18H28O2/c1-15(2)17-11-9-12-18(14-17)20-13-8-6-4-5-7-10-16(3)19/h9,11-12,14-15H,4-8,10,13H2,1-3H3. The molecule has 1 aromatic carbocycles. The summed E-state index contributed by atoms with van der Waals surface area (Å²) in [5.74, 6) is 1.82. The zero-order valence-electron chi connectivity index (χ0n) is 13.2. The summed E-state index contributed by atoms with van der Waals surface area (Å²) in [5, 5.41) is 0. The smallest absolute Gasteiger partial charge is 0.129 e. The highest BCUT2D eigenvalue weighted by Gasteiger charge is 2.01. The van der Waals surface area contributed by atoms with Crippen LogP contribution in [0.5, 0.6) is 5.75 Å². The zero-order valence-corrected chi connectivity index (χ0v) is 13.2. The Morgan fingerprint density at radius 2 is 1.80 bits per heavy atom. The summed E-state index contributed by atoms with van der Waals surface area (Å²) >= 11 is 0. The molecule has 0 fully saturated rings. The average molecular weight is 276 g/mol. The highest BCUT2D eigenvalue weighted by molar-refractivity contribution is 5.75. The van der Waals surface area contributed by atoms with E-state index in [2.05, 4.69) is 32.0 Å². The molecule has 0 saturated heterocycles. The number of carbonyl (C=O) groups excluding carboxylic acids is 1. The fourth-order valence-electron chi connectivity index (χ4n) is 2.16. The van der Waals surface area contributed by atoms with Crippen LogP contribution in [0.15, 0.2) is 24.3 Å². The van der Waals surface area contributed by atoms with Crippen molar-refractivity contribution in [1.29, 1.82) is 0 Å². The van der Waals surface area contributed by atoms with Gasteiger partial charge in [0.05, 0.1) is 6.61 Å². The molecule has 0 saturated carbocycles. The molecule has 0 unspecified atom stereocenters. The molecule has 0 amide bonds. The number of unbranched alkanes of at least 4 members (excludes halogenated alkanes) is 4. The van der Waals surface area contributed by atoms with E-state index in [1.54, 1.807) is 6.92 Å². The van der Waals surface area contributed by atoms with Crippen LogP contribution in [0.3, 0.4) is 0 Å². The zero-order chi connectivity index (χ0) is 14.8. The van der Waals surface area contributed by atoms with Crippen LogP contribution in [0.1, 0.15) is 70.8 Å². The Hall–Kier alpha value is -1.31. The SMILES string of the molecule is CC(=O)CCCCCCCOc1cccc(C(C)C)c1. The van der Waals surface area contributed by atoms with Crippen LogP contribution in [0.25, 0.3) is 0 Å². The molecule has 0 aliphatic carbocycles. The largest absolute Gasteiger partial charge is 0.494 e. The second kappa shape index (κ2) is 9.57. The van der Waals surface area contributed by atoms with Crippen molar-refractivity contribution in [1.82, 2.24) is 0 Å². The lowest BCUT2D eigenvalue weighted by Gasteiger charge is -2.10. The van der Waals surface area contributed by atoms with Gasteiger partial charge < -0.3 is 9.53 Å². The number of ketones is 1. The van der Waals surface area contributed by atoms with Crippen molar-refractivity contribution in [3.05, 3.63) is 29.8 Å². The van der Waals surface area contributed by atoms with Crippen LogP contribution in [0.2, 0.25) is 0 Å². The Kier molecular flexibility index (Phi) is 8.01. The minimum absolute atomic E-state index is 0.304. The lowest BCUT2D eigenvalue weighted by molar-refractivity contribution is -0.117. The first-order chi connectivity index (χ1) is 9.59. The molecule has 20 heavy (non-hydrogen) atoms. The van der Waals surface area contributed by atoms with Crippen LogP contribution < -0.4 is 4.74 Å². The van der Waals surface area contributed by atoms with Gasteiger partial charge in [-0.05, 0) is 43.4 Å². The maximum atomic E-state index is 10.8. The Morgan fingerprint density at radius 1 is 1.10 bits per heavy atom. The Balaban J connectivity index is 2.09. The van der Waals surface area contributed by atoms with Gasteiger partial charge >= 0.3 is 0 Å². The van der Waals surface area contributed by atoms with Crippen LogP contribution in [0, 0.1) is 0 Å². The number of carbonyl (C=O) groups is 1. The maximum Gasteiger partial charge on any atom is 0.129 e. The molecule has 0 N–H and O–H groups in total. The molecule has 0 aliphatic heterocycles. The molecule has 0 heterocycles. The van der Waals surface area contributed by atoms with E-state index < -0.39 is 0 Å². The van der Waals surface area contributed by atoms with Crippen molar-refractivity contribution < 1.29 is 9.53 Å². The lowest BCUT2D eigenvalue weighted by Crippen LogP contribution is -1.98. The van der Waals surface area contributed by atoms with Gasteiger partial charge in [0, 0.05) is 6.42 Å². The monoisotopic (exact) mass is 276 g/mol. The van der Waals surface area contributed by atoms with Gasteiger partial charge in [0.25, 0.3) is 0 Å². The van der Waals surface area contributed by atoms with E-state index in [0.29, 0.717) is 11.7 Å². The Bertz CT molecular complexity index is 396. The molecule has 0 bridgehead atoms. The molecule has 0 atom stereocenters. The van der Waals surface area contributed by atoms with Gasteiger partial charge in [0.2, 0.25) is 0 Å². The molecule has 0 aromatic heterocycles. The first kappa shape index (κ1) is 16.7. The first-order valence-electron chi connectivity index (χ1n) is 7.82. The van der Waals surface area contributed by atoms with E-state index in [-0.39, 0.29) is 0 Å². The van der Waals surface area contributed by atoms with Crippen molar-refractivity contribution >= 4 is 5.78 Å². The quantitative estimate of drug-likeness (QED) is 0.554. The molecule has 2 nitrogen and oxygen atoms in total. The third kappa shape index (κ3) is 7.32. The summed E-state index contributed by atoms with van der Waals surface area (Å²) < 4.78 is 5.79. The number of hydrogen-bond donors (Lipinski definition) is 0. The normalized spacial score (nSPS) is 10.8. The Morgan fingerprint density at radius 3 is 2.50 bits per heavy atom. The molecule has 1 aromatic rings. The number of benzene rings is 1. The van der Waals surface area contributed by atoms with Gasteiger partial charge in [0.15, 0.2) is 0 Å². The average Bonchev–Trinajstić information content (AvgIpc) is 2.41. The van der Waals surface area contributed by atoms with Crippen molar-refractivity contribution in [2.45, 2.75) is 65.2 Å². The van der Waals surface area contributed by atoms with E-state index >= 15 is 0 Å². The topological polar surface area (TPSA) is 26.3 Å². The summed E-state index contributed by atoms with van der Waals surface area (Å²) in [4.78, 5) is 10.8. The van der Waals surface area contributed by atoms with Crippen molar-refractivity contribution in [3.8, 4) is 5.75 Å². The summed E-state index contributed by atoms with van der Waals surface area (Å²) in [6.07, 6.45) is 6.39. The highest BCUT2D eigenvalue weighted by Crippen LogP contribution is 2.20. The van der Waals surface area contributed by atoms with Crippen molar-refractivity contribution in [3.63, 3.8) is 0 Å². The van der Waals surface area contributed by atoms with Crippen LogP contribution >= 0.6 is 0 Å². The summed E-state index contributed by atoms with van der Waals surface area (Å²) in [6, 6.07) is 8.37. The lowest BCUT2D eigenvalue weighted by atomic mass is 10.0. The molecular formula is C18H28O2. The number of rotatable bonds is 10. The summed E-state index contributed by atoms with van der Waals surface area (Å²) in [5.41, 5.74) is 1.33. The van der Waals surface area contributed by atoms with Crippen LogP contribution in [-0.2, 0) is 4.79 Å². The van der Waals surface area contributed by atoms with E-state index in [9.17, 15) is 4.79 Å². The molecule has 2 heteroatoms. The molecule has 112 valence electrons. The highest BCUT2D eigenvalue weighted by atomic mass is 16.5. The number of Topliss-reactive ketones (excluding diaryl/α,β-unsaturated/α-hetero) is 1. The Labute approximate surface area is 123 Å². The fourth-order valence-corrected chi connectivity index (χ4v) is 2.16. The number of hydrogen-bond acceptors (Lipinski definition) is 2. The predicted octanol–water partition coefficient (Wildman–Crippen LogP) is 5.12. The third-order valence-electron chi connectivity index (χ3n) is 3.47. The second-order valence-electron chi connectivity index (χ2n) is 5.80. The van der Waals surface area contributed by atoms with Crippen molar-refractivity contribution in [2.24, 2.45) is 0 Å². The van der Waals surface area contributed by atoms with Gasteiger partial charge in [-0.25, -0.2) is 0 Å². The minimum atomic E-state index is 0.304. The second-order valence-corrected chi connectivity index (χ2v) is 5.80. The van der Waals surface area contributed by atoms with Crippen molar-refractivity contribution in [2.75, 3.05) is 6.61 Å². The molecule has 0 radical (unpaired) electrons. The molecular weight excluding hydrogens is 248 g/mol. The minimum Gasteiger partial charge on any atom is -0.494 e. The molecule has 0 spiro atoms. The number of ether oxygens (including phenoxy) is 1. The molecule has 0 aliphatic rings. The third-order valence-corrected chi connectivity index (χ3v) is 3.47. The van der Waals surface area contributed by atoms with Gasteiger partial charge in [-0.15, -0.1) is 0 Å². The van der Waals surface area contributed by atoms with Gasteiger partial charge in [-0.3, -0.25) is 0 Å². The summed E-state index contributed by atoms with van der Waals surface area (Å²) in [7, 11) is 0. The van der Waals surface area contributed by atoms with E-state index in [1.165, 1.54) is 18.4 Å². The van der Waals surface area contributed by atoms with E-state index in [1.807, 2.05) is 6.07 Å². The first-order valence-corrected chi connectivity index (χ1v) is 7.82. The van der Waals surface area contributed by atoms with Gasteiger partial charge in [0.1, 0.15) is 11.5 Å². The fraction of sp³-hybridized carbons (Fsp3) is 0.611. The van der Waals surface area contributed by atoms with E-state index in [0.717, 1.165) is 38.0 Å². The maximum absolute atomic E-state index is 10.8. The predicted molar refractivity (Wildman–Crippen MR) is 84.4 cm³/mol. The van der Waals surface area contributed by atoms with Gasteiger partial charge in [-0.2, -0.15) is 0 Å². The van der Waals surface area contributed by atoms with E-state index in [4.69, 9.17) is 4.74 Å². The van der Waals surface area contributed by atoms with Crippen LogP contribution in [-0.4, -0.2) is 12.4 Å². The van der Waals surface area contributed by atoms with Crippen LogP contribution in [0.4, 0.5) is 0 Å². The van der Waals surface area contributed by atoms with Gasteiger partial charge in [-0.1, -0.05) is 45.2 Å². The summed E-state index contributed by atoms with van der Waals surface area (Å²) in [6.45, 7) is 6.84.